The Labute approximate surface area is 109 Å². The maximum Gasteiger partial charge on any atom is 0.127 e. The van der Waals surface area contributed by atoms with Gasteiger partial charge in [-0.25, -0.2) is 4.98 Å². The van der Waals surface area contributed by atoms with Crippen molar-refractivity contribution in [3.63, 3.8) is 0 Å². The van der Waals surface area contributed by atoms with E-state index in [0.29, 0.717) is 5.56 Å². The Morgan fingerprint density at radius 1 is 1.50 bits per heavy atom. The standard InChI is InChI=1S/C14H20N4/c1-18(13-4-2-3-5-13)9-8-17-14-10-12(11-15)6-7-16-14/h6-7,10,13H,2-5,8-9H2,1H3,(H,16,17). The second-order valence-electron chi connectivity index (χ2n) is 4.89. The molecule has 96 valence electrons. The van der Waals surface area contributed by atoms with Crippen LogP contribution in [0.2, 0.25) is 0 Å². The van der Waals surface area contributed by atoms with E-state index in [1.807, 2.05) is 0 Å². The zero-order valence-corrected chi connectivity index (χ0v) is 10.9. The number of aromatic nitrogens is 1. The lowest BCUT2D eigenvalue weighted by molar-refractivity contribution is 0.254. The van der Waals surface area contributed by atoms with Crippen LogP contribution in [0.4, 0.5) is 5.82 Å². The molecule has 0 aromatic carbocycles. The molecule has 1 N–H and O–H groups in total. The topological polar surface area (TPSA) is 52.0 Å². The first-order valence-corrected chi connectivity index (χ1v) is 6.60. The molecule has 0 atom stereocenters. The summed E-state index contributed by atoms with van der Waals surface area (Å²) in [6.07, 6.45) is 7.07. The summed E-state index contributed by atoms with van der Waals surface area (Å²) in [5, 5.41) is 12.1. The van der Waals surface area contributed by atoms with Crippen LogP contribution in [0.5, 0.6) is 0 Å². The van der Waals surface area contributed by atoms with Crippen LogP contribution in [0.15, 0.2) is 18.3 Å². The van der Waals surface area contributed by atoms with E-state index in [1.165, 1.54) is 25.7 Å². The van der Waals surface area contributed by atoms with Gasteiger partial charge in [0.25, 0.3) is 0 Å². The van der Waals surface area contributed by atoms with E-state index in [-0.39, 0.29) is 0 Å². The van der Waals surface area contributed by atoms with Gasteiger partial charge in [0, 0.05) is 25.3 Å². The van der Waals surface area contributed by atoms with Gasteiger partial charge in [-0.3, -0.25) is 0 Å². The molecule has 0 aliphatic heterocycles. The van der Waals surface area contributed by atoms with Crippen molar-refractivity contribution < 1.29 is 0 Å². The molecule has 0 radical (unpaired) electrons. The molecule has 1 saturated carbocycles. The largest absolute Gasteiger partial charge is 0.369 e. The van der Waals surface area contributed by atoms with Crippen molar-refractivity contribution in [2.75, 3.05) is 25.5 Å². The van der Waals surface area contributed by atoms with Gasteiger partial charge in [-0.15, -0.1) is 0 Å². The smallest absolute Gasteiger partial charge is 0.127 e. The summed E-state index contributed by atoms with van der Waals surface area (Å²) in [5.41, 5.74) is 0.650. The van der Waals surface area contributed by atoms with Crippen LogP contribution in [-0.2, 0) is 0 Å². The van der Waals surface area contributed by atoms with E-state index in [9.17, 15) is 0 Å². The molecular weight excluding hydrogens is 224 g/mol. The highest BCUT2D eigenvalue weighted by Gasteiger charge is 2.18. The lowest BCUT2D eigenvalue weighted by Crippen LogP contribution is -2.33. The Morgan fingerprint density at radius 2 is 2.28 bits per heavy atom. The third-order valence-electron chi connectivity index (χ3n) is 3.61. The Morgan fingerprint density at radius 3 is 3.00 bits per heavy atom. The number of likely N-dealkylation sites (N-methyl/N-ethyl adjacent to an activating group) is 1. The van der Waals surface area contributed by atoms with Crippen LogP contribution in [-0.4, -0.2) is 36.1 Å². The first kappa shape index (κ1) is 12.8. The average Bonchev–Trinajstić information content (AvgIpc) is 2.93. The minimum atomic E-state index is 0.650. The number of anilines is 1. The van der Waals surface area contributed by atoms with Gasteiger partial charge in [0.15, 0.2) is 0 Å². The second kappa shape index (κ2) is 6.36. The summed E-state index contributed by atoms with van der Waals surface area (Å²) in [7, 11) is 2.19. The van der Waals surface area contributed by atoms with Gasteiger partial charge < -0.3 is 10.2 Å². The van der Waals surface area contributed by atoms with Crippen LogP contribution in [0, 0.1) is 11.3 Å². The zero-order chi connectivity index (χ0) is 12.8. The molecule has 18 heavy (non-hydrogen) atoms. The van der Waals surface area contributed by atoms with Crippen molar-refractivity contribution in [1.82, 2.24) is 9.88 Å². The summed E-state index contributed by atoms with van der Waals surface area (Å²) < 4.78 is 0. The molecule has 1 heterocycles. The number of nitrogens with zero attached hydrogens (tertiary/aromatic N) is 3. The number of nitrogens with one attached hydrogen (secondary N) is 1. The molecule has 1 aliphatic carbocycles. The van der Waals surface area contributed by atoms with E-state index < -0.39 is 0 Å². The van der Waals surface area contributed by atoms with Crippen LogP contribution < -0.4 is 5.32 Å². The van der Waals surface area contributed by atoms with Crippen LogP contribution >= 0.6 is 0 Å². The van der Waals surface area contributed by atoms with Gasteiger partial charge in [0.2, 0.25) is 0 Å². The van der Waals surface area contributed by atoms with Gasteiger partial charge in [0.1, 0.15) is 5.82 Å². The van der Waals surface area contributed by atoms with Crippen LogP contribution in [0.25, 0.3) is 0 Å². The molecule has 0 spiro atoms. The van der Waals surface area contributed by atoms with E-state index >= 15 is 0 Å². The molecule has 4 heteroatoms. The summed E-state index contributed by atoms with van der Waals surface area (Å²) >= 11 is 0. The molecule has 1 fully saturated rings. The number of hydrogen-bond donors (Lipinski definition) is 1. The second-order valence-corrected chi connectivity index (χ2v) is 4.89. The molecule has 4 nitrogen and oxygen atoms in total. The molecule has 0 amide bonds. The van der Waals surface area contributed by atoms with Crippen molar-refractivity contribution in [3.05, 3.63) is 23.9 Å². The van der Waals surface area contributed by atoms with Crippen LogP contribution in [0.1, 0.15) is 31.2 Å². The highest BCUT2D eigenvalue weighted by atomic mass is 15.1. The van der Waals surface area contributed by atoms with Gasteiger partial charge in [-0.2, -0.15) is 5.26 Å². The normalized spacial score (nSPS) is 15.8. The maximum absolute atomic E-state index is 8.81. The fourth-order valence-electron chi connectivity index (χ4n) is 2.48. The fourth-order valence-corrected chi connectivity index (χ4v) is 2.48. The fraction of sp³-hybridized carbons (Fsp3) is 0.571. The summed E-state index contributed by atoms with van der Waals surface area (Å²) in [6.45, 7) is 1.89. The quantitative estimate of drug-likeness (QED) is 0.863. The Bertz CT molecular complexity index is 418. The third-order valence-corrected chi connectivity index (χ3v) is 3.61. The Balaban J connectivity index is 1.75. The first-order chi connectivity index (χ1) is 8.79. The lowest BCUT2D eigenvalue weighted by Gasteiger charge is -2.24. The first-order valence-electron chi connectivity index (χ1n) is 6.60. The predicted molar refractivity (Wildman–Crippen MR) is 72.3 cm³/mol. The predicted octanol–water partition coefficient (Wildman–Crippen LogP) is 2.24. The highest BCUT2D eigenvalue weighted by Crippen LogP contribution is 2.21. The van der Waals surface area contributed by atoms with Gasteiger partial charge in [0.05, 0.1) is 11.6 Å². The van der Waals surface area contributed by atoms with Gasteiger partial charge in [-0.1, -0.05) is 12.8 Å². The lowest BCUT2D eigenvalue weighted by atomic mass is 10.2. The summed E-state index contributed by atoms with van der Waals surface area (Å²) in [4.78, 5) is 6.63. The monoisotopic (exact) mass is 244 g/mol. The summed E-state index contributed by atoms with van der Waals surface area (Å²) in [5.74, 6) is 0.786. The number of hydrogen-bond acceptors (Lipinski definition) is 4. The zero-order valence-electron chi connectivity index (χ0n) is 10.9. The van der Waals surface area contributed by atoms with Crippen molar-refractivity contribution in [1.29, 1.82) is 5.26 Å². The van der Waals surface area contributed by atoms with Crippen molar-refractivity contribution in [2.24, 2.45) is 0 Å². The third kappa shape index (κ3) is 3.44. The van der Waals surface area contributed by atoms with E-state index in [2.05, 4.69) is 28.3 Å². The molecule has 1 aromatic rings. The number of rotatable bonds is 5. The minimum absolute atomic E-state index is 0.650. The van der Waals surface area contributed by atoms with Crippen molar-refractivity contribution >= 4 is 5.82 Å². The molecule has 0 saturated heterocycles. The average molecular weight is 244 g/mol. The van der Waals surface area contributed by atoms with Gasteiger partial charge >= 0.3 is 0 Å². The van der Waals surface area contributed by atoms with E-state index in [1.54, 1.807) is 18.3 Å². The van der Waals surface area contributed by atoms with Crippen LogP contribution in [0.3, 0.4) is 0 Å². The van der Waals surface area contributed by atoms with Crippen molar-refractivity contribution in [2.45, 2.75) is 31.7 Å². The molecule has 2 rings (SSSR count). The molecule has 0 unspecified atom stereocenters. The number of pyridine rings is 1. The molecule has 1 aliphatic rings. The summed E-state index contributed by atoms with van der Waals surface area (Å²) in [6, 6.07) is 6.38. The van der Waals surface area contributed by atoms with E-state index in [0.717, 1.165) is 24.9 Å². The Kier molecular flexibility index (Phi) is 4.54. The molecular formula is C14H20N4. The van der Waals surface area contributed by atoms with E-state index in [4.69, 9.17) is 5.26 Å². The Hall–Kier alpha value is -1.60. The highest BCUT2D eigenvalue weighted by molar-refractivity contribution is 5.42. The molecule has 0 bridgehead atoms. The maximum atomic E-state index is 8.81. The van der Waals surface area contributed by atoms with Gasteiger partial charge in [-0.05, 0) is 32.0 Å². The minimum Gasteiger partial charge on any atom is -0.369 e. The number of nitriles is 1. The van der Waals surface area contributed by atoms with Crippen molar-refractivity contribution in [3.8, 4) is 6.07 Å². The SMILES string of the molecule is CN(CCNc1cc(C#N)ccn1)C1CCCC1. The molecule has 1 aromatic heterocycles.